The van der Waals surface area contributed by atoms with E-state index in [9.17, 15) is 21.6 Å². The summed E-state index contributed by atoms with van der Waals surface area (Å²) in [7, 11) is -3.92. The van der Waals surface area contributed by atoms with Crippen LogP contribution in [0.1, 0.15) is 16.7 Å². The van der Waals surface area contributed by atoms with E-state index in [1.165, 1.54) is 30.5 Å². The smallest absolute Gasteiger partial charge is 0.280 e. The highest BCUT2D eigenvalue weighted by Crippen LogP contribution is 2.30. The molecule has 35 heavy (non-hydrogen) atoms. The molecule has 178 valence electrons. The lowest BCUT2D eigenvalue weighted by Crippen LogP contribution is -2.36. The summed E-state index contributed by atoms with van der Waals surface area (Å²) < 4.78 is 69.5. The van der Waals surface area contributed by atoms with Crippen LogP contribution in [0.15, 0.2) is 114 Å². The molecule has 0 bridgehead atoms. The summed E-state index contributed by atoms with van der Waals surface area (Å²) in [4.78, 5) is 0.0764. The Hall–Kier alpha value is -3.91. The van der Waals surface area contributed by atoms with Gasteiger partial charge < -0.3 is 0 Å². The second-order valence-corrected chi connectivity index (χ2v) is 9.57. The van der Waals surface area contributed by atoms with Crippen LogP contribution >= 0.6 is 0 Å². The summed E-state index contributed by atoms with van der Waals surface area (Å²) >= 11 is 0. The number of hydrogen-bond donors (Lipinski definition) is 1. The number of rotatable bonds is 6. The fourth-order valence-electron chi connectivity index (χ4n) is 3.54. The number of aromatic nitrogens is 1. The number of pyridine rings is 1. The lowest BCUT2D eigenvalue weighted by atomic mass is 10.1. The van der Waals surface area contributed by atoms with Gasteiger partial charge in [-0.25, -0.2) is 8.42 Å². The molecule has 0 fully saturated rings. The predicted octanol–water partition coefficient (Wildman–Crippen LogP) is 5.79. The van der Waals surface area contributed by atoms with E-state index in [1.54, 1.807) is 29.0 Å². The minimum Gasteiger partial charge on any atom is -0.280 e. The summed E-state index contributed by atoms with van der Waals surface area (Å²) in [6.45, 7) is 1.85. The average Bonchev–Trinajstić information content (AvgIpc) is 2.85. The van der Waals surface area contributed by atoms with Gasteiger partial charge in [-0.15, -0.1) is 0 Å². The van der Waals surface area contributed by atoms with E-state index >= 15 is 0 Å². The summed E-state index contributed by atoms with van der Waals surface area (Å²) in [5.41, 5.74) is 2.47. The normalized spacial score (nSPS) is 12.4. The molecule has 4 rings (SSSR count). The third-order valence-electron chi connectivity index (χ3n) is 5.38. The van der Waals surface area contributed by atoms with Crippen molar-refractivity contribution in [1.82, 2.24) is 4.72 Å². The molecule has 1 aromatic heterocycles. The number of aryl methyl sites for hydroxylation is 1. The zero-order valence-corrected chi connectivity index (χ0v) is 19.5. The molecule has 1 N–H and O–H groups in total. The molecule has 0 aliphatic carbocycles. The monoisotopic (exact) mass is 495 g/mol. The van der Waals surface area contributed by atoms with E-state index in [1.807, 2.05) is 49.4 Å². The minimum absolute atomic E-state index is 0.0764. The van der Waals surface area contributed by atoms with Crippen molar-refractivity contribution in [2.24, 2.45) is 0 Å². The van der Waals surface area contributed by atoms with Crippen LogP contribution in [0.2, 0.25) is 0 Å². The van der Waals surface area contributed by atoms with Crippen LogP contribution in [-0.4, -0.2) is 8.42 Å². The molecule has 0 aliphatic heterocycles. The van der Waals surface area contributed by atoms with Crippen LogP contribution in [0.25, 0.3) is 17.0 Å². The zero-order valence-electron chi connectivity index (χ0n) is 18.7. The maximum atomic E-state index is 13.1. The fraction of sp³-hybridized carbons (Fsp3) is 0.0741. The summed E-state index contributed by atoms with van der Waals surface area (Å²) in [5.74, 6) is 0. The van der Waals surface area contributed by atoms with Gasteiger partial charge in [0.2, 0.25) is 11.4 Å². The lowest BCUT2D eigenvalue weighted by Gasteiger charge is -2.11. The van der Waals surface area contributed by atoms with Crippen molar-refractivity contribution in [3.63, 3.8) is 0 Å². The molecule has 0 saturated heterocycles. The minimum atomic E-state index is -4.48. The highest BCUT2D eigenvalue weighted by atomic mass is 32.2. The quantitative estimate of drug-likeness (QED) is 0.344. The van der Waals surface area contributed by atoms with Crippen molar-refractivity contribution in [3.8, 4) is 11.3 Å². The maximum Gasteiger partial charge on any atom is 0.416 e. The van der Waals surface area contributed by atoms with Gasteiger partial charge in [-0.05, 0) is 61.5 Å². The van der Waals surface area contributed by atoms with Crippen molar-refractivity contribution in [1.29, 1.82) is 0 Å². The van der Waals surface area contributed by atoms with Crippen molar-refractivity contribution >= 4 is 15.7 Å². The van der Waals surface area contributed by atoms with E-state index in [2.05, 4.69) is 4.72 Å². The largest absolute Gasteiger partial charge is 0.416 e. The number of benzene rings is 3. The van der Waals surface area contributed by atoms with Crippen LogP contribution in [-0.2, 0) is 16.2 Å². The predicted molar refractivity (Wildman–Crippen MR) is 128 cm³/mol. The maximum absolute atomic E-state index is 13.1. The van der Waals surface area contributed by atoms with E-state index < -0.39 is 21.8 Å². The summed E-state index contributed by atoms with van der Waals surface area (Å²) in [6.07, 6.45) is -1.46. The van der Waals surface area contributed by atoms with Crippen LogP contribution in [0.5, 0.6) is 0 Å². The first-order valence-corrected chi connectivity index (χ1v) is 12.2. The number of nitrogens with zero attached hydrogens (tertiary/aromatic N) is 1. The average molecular weight is 496 g/mol. The van der Waals surface area contributed by atoms with Gasteiger partial charge in [-0.1, -0.05) is 35.9 Å². The highest BCUT2D eigenvalue weighted by molar-refractivity contribution is 7.89. The molecule has 0 atom stereocenters. The molecule has 4 nitrogen and oxygen atoms in total. The molecule has 0 amide bonds. The Balaban J connectivity index is 1.83. The van der Waals surface area contributed by atoms with Gasteiger partial charge in [-0.2, -0.15) is 17.7 Å². The van der Waals surface area contributed by atoms with E-state index in [0.717, 1.165) is 29.0 Å². The standard InChI is InChI=1S/C27H22F3N2O2S/c1-20-10-16-24(17-11-20)35(33,34)31-19-26(22-12-14-23(15-13-22)27(28,29)30)32-18-6-5-9-25(32)21-7-3-2-4-8-21/h2-19,31H,1H3/q+1/b26-19-. The summed E-state index contributed by atoms with van der Waals surface area (Å²) in [5, 5.41) is 0. The van der Waals surface area contributed by atoms with Crippen LogP contribution in [0.4, 0.5) is 13.2 Å². The van der Waals surface area contributed by atoms with Gasteiger partial charge >= 0.3 is 6.18 Å². The topological polar surface area (TPSA) is 50.1 Å². The van der Waals surface area contributed by atoms with Gasteiger partial charge in [0.15, 0.2) is 6.20 Å². The Morgan fingerprint density at radius 2 is 1.46 bits per heavy atom. The Morgan fingerprint density at radius 3 is 2.09 bits per heavy atom. The van der Waals surface area contributed by atoms with Crippen LogP contribution in [0.3, 0.4) is 0 Å². The van der Waals surface area contributed by atoms with E-state index in [0.29, 0.717) is 11.3 Å². The molecule has 0 spiro atoms. The van der Waals surface area contributed by atoms with Crippen molar-refractivity contribution in [3.05, 3.63) is 126 Å². The first kappa shape index (κ1) is 24.2. The van der Waals surface area contributed by atoms with Crippen molar-refractivity contribution in [2.75, 3.05) is 0 Å². The lowest BCUT2D eigenvalue weighted by molar-refractivity contribution is -0.567. The van der Waals surface area contributed by atoms with Crippen LogP contribution < -0.4 is 9.29 Å². The van der Waals surface area contributed by atoms with Gasteiger partial charge in [0, 0.05) is 23.3 Å². The van der Waals surface area contributed by atoms with Gasteiger partial charge in [0.1, 0.15) is 0 Å². The number of hydrogen-bond acceptors (Lipinski definition) is 2. The number of halogens is 3. The molecule has 1 heterocycles. The second kappa shape index (κ2) is 9.76. The number of nitrogens with one attached hydrogen (secondary N) is 1. The van der Waals surface area contributed by atoms with Gasteiger partial charge in [-0.3, -0.25) is 4.72 Å². The first-order valence-electron chi connectivity index (χ1n) is 10.7. The molecule has 8 heteroatoms. The molecule has 0 radical (unpaired) electrons. The summed E-state index contributed by atoms with van der Waals surface area (Å²) in [6, 6.07) is 25.8. The number of sulfonamides is 1. The zero-order chi connectivity index (χ0) is 25.1. The molecule has 0 unspecified atom stereocenters. The van der Waals surface area contributed by atoms with Crippen molar-refractivity contribution in [2.45, 2.75) is 18.0 Å². The highest BCUT2D eigenvalue weighted by Gasteiger charge is 2.31. The Kier molecular flexibility index (Phi) is 6.75. The SMILES string of the molecule is Cc1ccc(S(=O)(=O)N/C=C(/c2ccc(C(F)(F)F)cc2)[n+]2ccccc2-c2ccccc2)cc1. The molecular weight excluding hydrogens is 473 g/mol. The Labute approximate surface area is 202 Å². The third kappa shape index (κ3) is 5.60. The third-order valence-corrected chi connectivity index (χ3v) is 6.70. The second-order valence-electron chi connectivity index (χ2n) is 7.86. The molecule has 3 aromatic carbocycles. The molecule has 4 aromatic rings. The molecule has 0 aliphatic rings. The Bertz CT molecular complexity index is 1450. The van der Waals surface area contributed by atoms with E-state index in [-0.39, 0.29) is 4.90 Å². The Morgan fingerprint density at radius 1 is 0.829 bits per heavy atom. The number of alkyl halides is 3. The first-order chi connectivity index (χ1) is 16.6. The fourth-order valence-corrected chi connectivity index (χ4v) is 4.44. The van der Waals surface area contributed by atoms with Gasteiger partial charge in [0.25, 0.3) is 10.0 Å². The molecule has 0 saturated carbocycles. The van der Waals surface area contributed by atoms with E-state index in [4.69, 9.17) is 0 Å². The van der Waals surface area contributed by atoms with Gasteiger partial charge in [0.05, 0.1) is 16.7 Å². The molecular formula is C27H22F3N2O2S+. The van der Waals surface area contributed by atoms with Crippen LogP contribution in [0, 0.1) is 6.92 Å². The van der Waals surface area contributed by atoms with Crippen molar-refractivity contribution < 1.29 is 26.2 Å².